The van der Waals surface area contributed by atoms with Crippen molar-refractivity contribution in [3.63, 3.8) is 0 Å². The molecule has 8 heteroatoms. The van der Waals surface area contributed by atoms with E-state index in [0.717, 1.165) is 24.2 Å². The molecule has 0 bridgehead atoms. The summed E-state index contributed by atoms with van der Waals surface area (Å²) in [6.07, 6.45) is 0.941. The Balaban J connectivity index is 1.23. The van der Waals surface area contributed by atoms with Gasteiger partial charge in [0.05, 0.1) is 6.54 Å². The van der Waals surface area contributed by atoms with Gasteiger partial charge in [0.15, 0.2) is 0 Å². The first-order chi connectivity index (χ1) is 17.8. The molecule has 1 saturated heterocycles. The van der Waals surface area contributed by atoms with Crippen LogP contribution in [0.4, 0.5) is 11.4 Å². The average Bonchev–Trinajstić information content (AvgIpc) is 3.23. The molecule has 2 aliphatic rings. The second kappa shape index (κ2) is 10.2. The highest BCUT2D eigenvalue weighted by Gasteiger charge is 2.32. The summed E-state index contributed by atoms with van der Waals surface area (Å²) in [6.45, 7) is 8.36. The van der Waals surface area contributed by atoms with Crippen molar-refractivity contribution in [1.82, 2.24) is 14.7 Å². The Morgan fingerprint density at radius 1 is 0.973 bits per heavy atom. The smallest absolute Gasteiger partial charge is 0.278 e. The van der Waals surface area contributed by atoms with Gasteiger partial charge in [0.2, 0.25) is 5.91 Å². The Hall–Kier alpha value is -3.94. The van der Waals surface area contributed by atoms with Gasteiger partial charge in [0.25, 0.3) is 11.5 Å². The zero-order valence-electron chi connectivity index (χ0n) is 21.6. The zero-order valence-corrected chi connectivity index (χ0v) is 21.6. The third-order valence-electron chi connectivity index (χ3n) is 7.36. The zero-order chi connectivity index (χ0) is 26.1. The van der Waals surface area contributed by atoms with Crippen molar-refractivity contribution >= 4 is 23.2 Å². The molecule has 2 unspecified atom stereocenters. The van der Waals surface area contributed by atoms with Gasteiger partial charge in [-0.3, -0.25) is 14.4 Å². The van der Waals surface area contributed by atoms with Crippen molar-refractivity contribution in [3.05, 3.63) is 87.8 Å². The van der Waals surface area contributed by atoms with Gasteiger partial charge in [0, 0.05) is 55.6 Å². The number of aryl methyl sites for hydroxylation is 2. The summed E-state index contributed by atoms with van der Waals surface area (Å²) < 4.78 is 1.24. The minimum Gasteiger partial charge on any atom is -0.365 e. The predicted octanol–water partition coefficient (Wildman–Crippen LogP) is 3.27. The number of aromatic nitrogens is 2. The lowest BCUT2D eigenvalue weighted by atomic mass is 10.1. The van der Waals surface area contributed by atoms with E-state index >= 15 is 0 Å². The molecule has 3 aromatic rings. The molecule has 0 spiro atoms. The third-order valence-corrected chi connectivity index (χ3v) is 7.36. The number of nitrogens with zero attached hydrogens (tertiary/aromatic N) is 5. The van der Waals surface area contributed by atoms with Crippen molar-refractivity contribution in [2.45, 2.75) is 52.2 Å². The molecule has 1 aromatic heterocycles. The van der Waals surface area contributed by atoms with E-state index in [2.05, 4.69) is 48.1 Å². The van der Waals surface area contributed by atoms with Crippen LogP contribution in [0, 0.1) is 6.92 Å². The maximum Gasteiger partial charge on any atom is 0.278 e. The van der Waals surface area contributed by atoms with Crippen molar-refractivity contribution in [2.75, 3.05) is 29.4 Å². The molecule has 3 heterocycles. The Bertz CT molecular complexity index is 1380. The van der Waals surface area contributed by atoms with Gasteiger partial charge in [0.1, 0.15) is 5.69 Å². The molecule has 1 fully saturated rings. The fraction of sp³-hybridized carbons (Fsp3) is 0.379. The summed E-state index contributed by atoms with van der Waals surface area (Å²) >= 11 is 0. The standard InChI is InChI=1S/C29H33N5O3/c1-20-7-6-9-24(17-20)32-16-15-31(19-22(32)3)27(35)13-14-33-28(36)12-11-25(30-33)29(37)34-21(2)18-23-8-4-5-10-26(23)34/h4-12,17,21-22H,13-16,18-19H2,1-3H3. The van der Waals surface area contributed by atoms with E-state index in [0.29, 0.717) is 13.1 Å². The summed E-state index contributed by atoms with van der Waals surface area (Å²) in [5.74, 6) is -0.248. The molecule has 8 nitrogen and oxygen atoms in total. The average molecular weight is 500 g/mol. The monoisotopic (exact) mass is 499 g/mol. The molecule has 5 rings (SSSR count). The highest BCUT2D eigenvalue weighted by Crippen LogP contribution is 2.32. The number of piperazine rings is 1. The Kier molecular flexibility index (Phi) is 6.82. The van der Waals surface area contributed by atoms with Crippen molar-refractivity contribution in [2.24, 2.45) is 0 Å². The first-order valence-electron chi connectivity index (χ1n) is 12.9. The number of hydrogen-bond donors (Lipinski definition) is 0. The van der Waals surface area contributed by atoms with E-state index in [1.807, 2.05) is 36.1 Å². The number of carbonyl (C=O) groups excluding carboxylic acids is 2. The quantitative estimate of drug-likeness (QED) is 0.539. The number of hydrogen-bond acceptors (Lipinski definition) is 5. The molecule has 0 aliphatic carbocycles. The number of anilines is 2. The maximum atomic E-state index is 13.3. The number of fused-ring (bicyclic) bond motifs is 1. The summed E-state index contributed by atoms with van der Waals surface area (Å²) in [6, 6.07) is 19.3. The van der Waals surface area contributed by atoms with E-state index in [9.17, 15) is 14.4 Å². The maximum absolute atomic E-state index is 13.3. The van der Waals surface area contributed by atoms with Crippen LogP contribution < -0.4 is 15.4 Å². The highest BCUT2D eigenvalue weighted by atomic mass is 16.2. The molecule has 192 valence electrons. The van der Waals surface area contributed by atoms with E-state index in [4.69, 9.17) is 0 Å². The number of rotatable bonds is 5. The second-order valence-electron chi connectivity index (χ2n) is 10.1. The van der Waals surface area contributed by atoms with E-state index in [-0.39, 0.29) is 48.1 Å². The molecule has 0 radical (unpaired) electrons. The summed E-state index contributed by atoms with van der Waals surface area (Å²) in [5.41, 5.74) is 4.28. The SMILES string of the molecule is Cc1cccc(N2CCN(C(=O)CCn3nc(C(=O)N4c5ccccc5CC4C)ccc3=O)CC2C)c1. The molecule has 2 aliphatic heterocycles. The van der Waals surface area contributed by atoms with Gasteiger partial charge >= 0.3 is 0 Å². The van der Waals surface area contributed by atoms with Crippen LogP contribution in [0.2, 0.25) is 0 Å². The van der Waals surface area contributed by atoms with Crippen LogP contribution >= 0.6 is 0 Å². The minimum absolute atomic E-state index is 0.00844. The van der Waals surface area contributed by atoms with Crippen molar-refractivity contribution in [1.29, 1.82) is 0 Å². The van der Waals surface area contributed by atoms with Gasteiger partial charge in [-0.1, -0.05) is 30.3 Å². The van der Waals surface area contributed by atoms with Gasteiger partial charge in [-0.05, 0) is 62.6 Å². The normalized spacial score (nSPS) is 19.2. The van der Waals surface area contributed by atoms with Crippen LogP contribution in [0.5, 0.6) is 0 Å². The van der Waals surface area contributed by atoms with Gasteiger partial charge in [-0.15, -0.1) is 0 Å². The summed E-state index contributed by atoms with van der Waals surface area (Å²) in [5, 5.41) is 4.35. The molecule has 0 saturated carbocycles. The van der Waals surface area contributed by atoms with Crippen LogP contribution in [0.15, 0.2) is 65.5 Å². The fourth-order valence-electron chi connectivity index (χ4n) is 5.46. The highest BCUT2D eigenvalue weighted by molar-refractivity contribution is 6.06. The molecule has 37 heavy (non-hydrogen) atoms. The number of benzene rings is 2. The van der Waals surface area contributed by atoms with E-state index in [1.54, 1.807) is 4.90 Å². The molecule has 2 atom stereocenters. The van der Waals surface area contributed by atoms with Crippen molar-refractivity contribution < 1.29 is 9.59 Å². The number of carbonyl (C=O) groups is 2. The van der Waals surface area contributed by atoms with Crippen LogP contribution in [0.1, 0.15) is 41.9 Å². The first kappa shape index (κ1) is 24.7. The molecular weight excluding hydrogens is 466 g/mol. The van der Waals surface area contributed by atoms with Gasteiger partial charge in [-0.2, -0.15) is 5.10 Å². The summed E-state index contributed by atoms with van der Waals surface area (Å²) in [7, 11) is 0. The molecule has 2 aromatic carbocycles. The topological polar surface area (TPSA) is 78.8 Å². The first-order valence-corrected chi connectivity index (χ1v) is 12.9. The van der Waals surface area contributed by atoms with Crippen LogP contribution in [-0.2, 0) is 17.8 Å². The Labute approximate surface area is 217 Å². The van der Waals surface area contributed by atoms with E-state index in [1.165, 1.54) is 28.1 Å². The molecular formula is C29H33N5O3. The van der Waals surface area contributed by atoms with Crippen LogP contribution in [0.25, 0.3) is 0 Å². The largest absolute Gasteiger partial charge is 0.365 e. The van der Waals surface area contributed by atoms with Gasteiger partial charge in [-0.25, -0.2) is 4.68 Å². The van der Waals surface area contributed by atoms with Crippen molar-refractivity contribution in [3.8, 4) is 0 Å². The Morgan fingerprint density at radius 2 is 1.78 bits per heavy atom. The van der Waals surface area contributed by atoms with Crippen LogP contribution in [0.3, 0.4) is 0 Å². The lowest BCUT2D eigenvalue weighted by Crippen LogP contribution is -2.54. The minimum atomic E-state index is -0.322. The molecule has 2 amide bonds. The number of para-hydroxylation sites is 1. The summed E-state index contributed by atoms with van der Waals surface area (Å²) in [4.78, 5) is 44.8. The third kappa shape index (κ3) is 5.01. The fourth-order valence-corrected chi connectivity index (χ4v) is 5.46. The van der Waals surface area contributed by atoms with E-state index < -0.39 is 0 Å². The number of amides is 2. The lowest BCUT2D eigenvalue weighted by Gasteiger charge is -2.41. The Morgan fingerprint density at radius 3 is 2.57 bits per heavy atom. The van der Waals surface area contributed by atoms with Gasteiger partial charge < -0.3 is 14.7 Å². The predicted molar refractivity (Wildman–Crippen MR) is 144 cm³/mol. The molecule has 0 N–H and O–H groups in total. The second-order valence-corrected chi connectivity index (χ2v) is 10.1. The van der Waals surface area contributed by atoms with Crippen LogP contribution in [-0.4, -0.2) is 58.2 Å². The lowest BCUT2D eigenvalue weighted by molar-refractivity contribution is -0.132.